The van der Waals surface area contributed by atoms with Gasteiger partial charge >= 0.3 is 11.9 Å². The minimum Gasteiger partial charge on any atom is -0.480 e. The van der Waals surface area contributed by atoms with E-state index in [-0.39, 0.29) is 18.4 Å². The number of carbonyl (C=O) groups excluding carboxylic acids is 1. The number of carboxylic acid groups (broad SMARTS) is 2. The highest BCUT2D eigenvalue weighted by molar-refractivity contribution is 5.87. The van der Waals surface area contributed by atoms with Gasteiger partial charge in [0.05, 0.1) is 0 Å². The van der Waals surface area contributed by atoms with Crippen LogP contribution < -0.4 is 11.1 Å². The maximum atomic E-state index is 10.4. The number of aliphatic carboxylic acids is 2. The molecule has 102 valence electrons. The molecule has 0 unspecified atom stereocenters. The average molecular weight is 260 g/mol. The molecule has 0 radical (unpaired) electrons. The molecule has 1 atom stereocenters. The molecule has 18 heavy (non-hydrogen) atoms. The number of guanidine groups is 1. The second-order valence-electron chi connectivity index (χ2n) is 3.63. The zero-order valence-electron chi connectivity index (χ0n) is 9.84. The number of hydrogen-bond donors (Lipinski definition) is 5. The molecule has 1 fully saturated rings. The summed E-state index contributed by atoms with van der Waals surface area (Å²) in [6, 6.07) is -0.641. The summed E-state index contributed by atoms with van der Waals surface area (Å²) in [6.45, 7) is -0.227. The molecule has 0 bridgehead atoms. The van der Waals surface area contributed by atoms with E-state index in [9.17, 15) is 14.4 Å². The van der Waals surface area contributed by atoms with Crippen LogP contribution in [-0.4, -0.2) is 58.6 Å². The molecular formula is C9H16N4O5. The first-order chi connectivity index (χ1) is 8.23. The Balaban J connectivity index is 0.000000321. The predicted molar refractivity (Wildman–Crippen MR) is 61.0 cm³/mol. The third-order valence-corrected chi connectivity index (χ3v) is 2.08. The minimum absolute atomic E-state index is 0.164. The van der Waals surface area contributed by atoms with Crippen LogP contribution in [0.3, 0.4) is 0 Å². The lowest BCUT2D eigenvalue weighted by Crippen LogP contribution is -2.36. The monoisotopic (exact) mass is 260 g/mol. The van der Waals surface area contributed by atoms with Crippen LogP contribution in [0.1, 0.15) is 12.8 Å². The lowest BCUT2D eigenvalue weighted by molar-refractivity contribution is -0.140. The zero-order chi connectivity index (χ0) is 14.3. The summed E-state index contributed by atoms with van der Waals surface area (Å²) in [5, 5.41) is 25.5. The van der Waals surface area contributed by atoms with E-state index in [1.165, 1.54) is 7.05 Å². The summed E-state index contributed by atoms with van der Waals surface area (Å²) in [5.74, 6) is -2.34. The first-order valence-electron chi connectivity index (χ1n) is 5.03. The van der Waals surface area contributed by atoms with Gasteiger partial charge in [-0.25, -0.2) is 4.79 Å². The zero-order valence-corrected chi connectivity index (χ0v) is 9.84. The van der Waals surface area contributed by atoms with Crippen molar-refractivity contribution in [2.24, 2.45) is 5.73 Å². The topological polar surface area (TPSA) is 157 Å². The van der Waals surface area contributed by atoms with Crippen molar-refractivity contribution in [1.29, 1.82) is 5.41 Å². The first-order valence-corrected chi connectivity index (χ1v) is 5.03. The maximum absolute atomic E-state index is 10.4. The van der Waals surface area contributed by atoms with Gasteiger partial charge in [-0.05, 0) is 6.42 Å². The Labute approximate surface area is 103 Å². The Kier molecular flexibility index (Phi) is 6.18. The van der Waals surface area contributed by atoms with Gasteiger partial charge in [0.25, 0.3) is 0 Å². The van der Waals surface area contributed by atoms with E-state index in [1.807, 2.05) is 0 Å². The third kappa shape index (κ3) is 6.30. The van der Waals surface area contributed by atoms with Crippen molar-refractivity contribution < 1.29 is 24.6 Å². The average Bonchev–Trinajstić information content (AvgIpc) is 2.64. The Morgan fingerprint density at radius 2 is 2.11 bits per heavy atom. The largest absolute Gasteiger partial charge is 0.480 e. The number of rotatable bonds is 3. The van der Waals surface area contributed by atoms with E-state index in [2.05, 4.69) is 5.32 Å². The van der Waals surface area contributed by atoms with Crippen molar-refractivity contribution in [2.45, 2.75) is 18.9 Å². The number of likely N-dealkylation sites (N-methyl/N-ethyl adjacent to an activating group) is 1. The van der Waals surface area contributed by atoms with Crippen LogP contribution in [-0.2, 0) is 14.4 Å². The molecule has 0 aromatic carbocycles. The number of nitrogens with one attached hydrogen (secondary N) is 2. The quantitative estimate of drug-likeness (QED) is 0.297. The van der Waals surface area contributed by atoms with E-state index in [4.69, 9.17) is 21.4 Å². The SMILES string of the molecule is CN(CC(=O)O)C(=N)N.O=C1CC[C@@H](C(=O)O)N1. The molecular weight excluding hydrogens is 244 g/mol. The van der Waals surface area contributed by atoms with E-state index in [1.54, 1.807) is 0 Å². The molecule has 0 spiro atoms. The minimum atomic E-state index is -0.993. The van der Waals surface area contributed by atoms with E-state index < -0.39 is 18.0 Å². The molecule has 0 saturated carbocycles. The van der Waals surface area contributed by atoms with Gasteiger partial charge in [0.15, 0.2) is 5.96 Å². The predicted octanol–water partition coefficient (Wildman–Crippen LogP) is -1.75. The van der Waals surface area contributed by atoms with Gasteiger partial charge in [0.2, 0.25) is 5.91 Å². The van der Waals surface area contributed by atoms with Crippen molar-refractivity contribution in [1.82, 2.24) is 10.2 Å². The van der Waals surface area contributed by atoms with Gasteiger partial charge in [-0.1, -0.05) is 0 Å². The van der Waals surface area contributed by atoms with Crippen LogP contribution in [0.2, 0.25) is 0 Å². The summed E-state index contributed by atoms with van der Waals surface area (Å²) in [6.07, 6.45) is 0.769. The van der Waals surface area contributed by atoms with E-state index >= 15 is 0 Å². The van der Waals surface area contributed by atoms with Gasteiger partial charge in [-0.2, -0.15) is 0 Å². The molecule has 9 heteroatoms. The summed E-state index contributed by atoms with van der Waals surface area (Å²) < 4.78 is 0. The van der Waals surface area contributed by atoms with Crippen LogP contribution in [0, 0.1) is 5.41 Å². The van der Waals surface area contributed by atoms with Crippen LogP contribution in [0.15, 0.2) is 0 Å². The number of amides is 1. The van der Waals surface area contributed by atoms with Crippen LogP contribution in [0.4, 0.5) is 0 Å². The number of carboxylic acids is 2. The van der Waals surface area contributed by atoms with Gasteiger partial charge in [0, 0.05) is 13.5 Å². The van der Waals surface area contributed by atoms with Gasteiger partial charge in [-0.15, -0.1) is 0 Å². The molecule has 6 N–H and O–H groups in total. The van der Waals surface area contributed by atoms with Crippen molar-refractivity contribution >= 4 is 23.8 Å². The number of nitrogens with two attached hydrogens (primary N) is 1. The Hall–Kier alpha value is -2.32. The molecule has 1 aliphatic rings. The number of hydrogen-bond acceptors (Lipinski definition) is 4. The van der Waals surface area contributed by atoms with Crippen LogP contribution >= 0.6 is 0 Å². The number of carbonyl (C=O) groups is 3. The second kappa shape index (κ2) is 7.09. The molecule has 0 aromatic heterocycles. The standard InChI is InChI=1S/C5H7NO3.C4H9N3O2/c7-4-2-1-3(6-4)5(8)9;1-7(4(5)6)2-3(8)9/h3H,1-2H2,(H,6,7)(H,8,9);2H2,1H3,(H3,5,6)(H,8,9)/t3-;/m0./s1. The van der Waals surface area contributed by atoms with E-state index in [0.29, 0.717) is 12.8 Å². The second-order valence-corrected chi connectivity index (χ2v) is 3.63. The maximum Gasteiger partial charge on any atom is 0.326 e. The molecule has 0 aliphatic carbocycles. The Morgan fingerprint density at radius 1 is 1.56 bits per heavy atom. The fourth-order valence-corrected chi connectivity index (χ4v) is 1.09. The lowest BCUT2D eigenvalue weighted by Gasteiger charge is -2.12. The lowest BCUT2D eigenvalue weighted by atomic mass is 10.2. The highest BCUT2D eigenvalue weighted by Crippen LogP contribution is 2.05. The highest BCUT2D eigenvalue weighted by atomic mass is 16.4. The normalized spacial score (nSPS) is 17.2. The van der Waals surface area contributed by atoms with Crippen molar-refractivity contribution in [3.63, 3.8) is 0 Å². The summed E-state index contributed by atoms with van der Waals surface area (Å²) in [4.78, 5) is 31.6. The van der Waals surface area contributed by atoms with Crippen molar-refractivity contribution in [3.05, 3.63) is 0 Å². The Morgan fingerprint density at radius 3 is 2.28 bits per heavy atom. The first kappa shape index (κ1) is 15.7. The van der Waals surface area contributed by atoms with Gasteiger partial charge in [-0.3, -0.25) is 15.0 Å². The molecule has 9 nitrogen and oxygen atoms in total. The summed E-state index contributed by atoms with van der Waals surface area (Å²) in [5.41, 5.74) is 4.93. The third-order valence-electron chi connectivity index (χ3n) is 2.08. The number of nitrogens with zero attached hydrogens (tertiary/aromatic N) is 1. The van der Waals surface area contributed by atoms with E-state index in [0.717, 1.165) is 4.90 Å². The highest BCUT2D eigenvalue weighted by Gasteiger charge is 2.26. The van der Waals surface area contributed by atoms with Crippen LogP contribution in [0.25, 0.3) is 0 Å². The molecule has 0 aromatic rings. The molecule has 1 rings (SSSR count). The van der Waals surface area contributed by atoms with Gasteiger partial charge < -0.3 is 26.2 Å². The van der Waals surface area contributed by atoms with Gasteiger partial charge in [0.1, 0.15) is 12.6 Å². The molecule has 1 saturated heterocycles. The molecule has 1 aliphatic heterocycles. The van der Waals surface area contributed by atoms with Crippen molar-refractivity contribution in [2.75, 3.05) is 13.6 Å². The fourth-order valence-electron chi connectivity index (χ4n) is 1.09. The van der Waals surface area contributed by atoms with Crippen molar-refractivity contribution in [3.8, 4) is 0 Å². The fraction of sp³-hybridized carbons (Fsp3) is 0.556. The Bertz CT molecular complexity index is 355. The van der Waals surface area contributed by atoms with Crippen LogP contribution in [0.5, 0.6) is 0 Å². The molecule has 1 heterocycles. The summed E-state index contributed by atoms with van der Waals surface area (Å²) in [7, 11) is 1.44. The molecule has 1 amide bonds. The smallest absolute Gasteiger partial charge is 0.326 e. The summed E-state index contributed by atoms with van der Waals surface area (Å²) >= 11 is 0.